The topological polar surface area (TPSA) is 49.3 Å². The lowest BCUT2D eigenvalue weighted by Gasteiger charge is -2.16. The van der Waals surface area contributed by atoms with Gasteiger partial charge in [0, 0.05) is 17.5 Å². The number of hydrogen-bond acceptors (Lipinski definition) is 3. The van der Waals surface area contributed by atoms with E-state index in [1.807, 2.05) is 6.07 Å². The Morgan fingerprint density at radius 1 is 1.47 bits per heavy atom. The van der Waals surface area contributed by atoms with Crippen molar-refractivity contribution in [2.75, 3.05) is 0 Å². The fraction of sp³-hybridized carbons (Fsp3) is 0.545. The van der Waals surface area contributed by atoms with Gasteiger partial charge in [0.15, 0.2) is 0 Å². The molecule has 4 heteroatoms. The van der Waals surface area contributed by atoms with Crippen LogP contribution in [0, 0.1) is 5.92 Å². The van der Waals surface area contributed by atoms with Crippen molar-refractivity contribution in [3.8, 4) is 0 Å². The number of aromatic carboxylic acids is 1. The second kappa shape index (κ2) is 5.28. The first-order valence-corrected chi connectivity index (χ1v) is 5.87. The van der Waals surface area contributed by atoms with Crippen LogP contribution in [-0.2, 0) is 6.54 Å². The minimum absolute atomic E-state index is 0.406. The maximum atomic E-state index is 10.7. The molecule has 0 saturated carbocycles. The second-order valence-electron chi connectivity index (χ2n) is 3.98. The van der Waals surface area contributed by atoms with Crippen LogP contribution in [0.15, 0.2) is 12.1 Å². The summed E-state index contributed by atoms with van der Waals surface area (Å²) in [6.45, 7) is 7.21. The van der Waals surface area contributed by atoms with E-state index >= 15 is 0 Å². The SMILES string of the molecule is CC(C)C(C)NCc1ccc(C(=O)O)s1. The van der Waals surface area contributed by atoms with Gasteiger partial charge in [0.25, 0.3) is 0 Å². The van der Waals surface area contributed by atoms with E-state index in [0.717, 1.165) is 11.4 Å². The van der Waals surface area contributed by atoms with Crippen molar-refractivity contribution in [2.24, 2.45) is 5.92 Å². The Kier molecular flexibility index (Phi) is 4.29. The second-order valence-corrected chi connectivity index (χ2v) is 5.15. The molecule has 0 spiro atoms. The van der Waals surface area contributed by atoms with Crippen molar-refractivity contribution in [3.05, 3.63) is 21.9 Å². The average Bonchev–Trinajstić information content (AvgIpc) is 2.62. The molecule has 0 aliphatic heterocycles. The zero-order chi connectivity index (χ0) is 11.4. The van der Waals surface area contributed by atoms with Crippen molar-refractivity contribution in [2.45, 2.75) is 33.4 Å². The summed E-state index contributed by atoms with van der Waals surface area (Å²) in [5.41, 5.74) is 0. The van der Waals surface area contributed by atoms with Gasteiger partial charge in [-0.1, -0.05) is 13.8 Å². The van der Waals surface area contributed by atoms with Crippen molar-refractivity contribution >= 4 is 17.3 Å². The van der Waals surface area contributed by atoms with Crippen LogP contribution in [0.25, 0.3) is 0 Å². The summed E-state index contributed by atoms with van der Waals surface area (Å²) in [5, 5.41) is 12.1. The zero-order valence-corrected chi connectivity index (χ0v) is 10.1. The van der Waals surface area contributed by atoms with E-state index in [9.17, 15) is 4.79 Å². The van der Waals surface area contributed by atoms with Crippen LogP contribution in [0.5, 0.6) is 0 Å². The Morgan fingerprint density at radius 2 is 2.13 bits per heavy atom. The lowest BCUT2D eigenvalue weighted by molar-refractivity contribution is 0.0702. The predicted molar refractivity (Wildman–Crippen MR) is 62.4 cm³/mol. The molecule has 0 radical (unpaired) electrons. The van der Waals surface area contributed by atoms with Crippen LogP contribution in [-0.4, -0.2) is 17.1 Å². The third-order valence-corrected chi connectivity index (χ3v) is 3.54. The van der Waals surface area contributed by atoms with Gasteiger partial charge in [-0.2, -0.15) is 0 Å². The van der Waals surface area contributed by atoms with Gasteiger partial charge in [0.1, 0.15) is 4.88 Å². The molecule has 1 aromatic rings. The molecule has 1 unspecified atom stereocenters. The maximum Gasteiger partial charge on any atom is 0.345 e. The molecular weight excluding hydrogens is 210 g/mol. The van der Waals surface area contributed by atoms with Crippen LogP contribution in [0.1, 0.15) is 35.3 Å². The Bertz CT molecular complexity index is 333. The third-order valence-electron chi connectivity index (χ3n) is 2.47. The van der Waals surface area contributed by atoms with Gasteiger partial charge in [0.2, 0.25) is 0 Å². The number of nitrogens with one attached hydrogen (secondary N) is 1. The van der Waals surface area contributed by atoms with Gasteiger partial charge < -0.3 is 10.4 Å². The minimum Gasteiger partial charge on any atom is -0.477 e. The summed E-state index contributed by atoms with van der Waals surface area (Å²) in [5.74, 6) is -0.257. The molecule has 0 aromatic carbocycles. The lowest BCUT2D eigenvalue weighted by atomic mass is 10.1. The number of carbonyl (C=O) groups is 1. The lowest BCUT2D eigenvalue weighted by Crippen LogP contribution is -2.29. The zero-order valence-electron chi connectivity index (χ0n) is 9.28. The molecule has 0 aliphatic rings. The molecule has 0 amide bonds. The monoisotopic (exact) mass is 227 g/mol. The molecule has 1 heterocycles. The molecule has 0 aliphatic carbocycles. The molecule has 2 N–H and O–H groups in total. The van der Waals surface area contributed by atoms with Crippen LogP contribution < -0.4 is 5.32 Å². The summed E-state index contributed by atoms with van der Waals surface area (Å²) in [4.78, 5) is 12.1. The number of rotatable bonds is 5. The van der Waals surface area contributed by atoms with Crippen LogP contribution in [0.4, 0.5) is 0 Å². The summed E-state index contributed by atoms with van der Waals surface area (Å²) < 4.78 is 0. The van der Waals surface area contributed by atoms with Gasteiger partial charge in [-0.15, -0.1) is 11.3 Å². The van der Waals surface area contributed by atoms with E-state index in [-0.39, 0.29) is 0 Å². The van der Waals surface area contributed by atoms with Crippen LogP contribution in [0.2, 0.25) is 0 Å². The summed E-state index contributed by atoms with van der Waals surface area (Å²) in [6, 6.07) is 3.97. The highest BCUT2D eigenvalue weighted by atomic mass is 32.1. The van der Waals surface area contributed by atoms with Crippen molar-refractivity contribution in [1.82, 2.24) is 5.32 Å². The Hall–Kier alpha value is -0.870. The molecule has 0 fully saturated rings. The highest BCUT2D eigenvalue weighted by Gasteiger charge is 2.09. The van der Waals surface area contributed by atoms with Gasteiger partial charge in [-0.25, -0.2) is 4.79 Å². The molecular formula is C11H17NO2S. The number of thiophene rings is 1. The Morgan fingerprint density at radius 3 is 2.60 bits per heavy atom. The molecule has 0 bridgehead atoms. The number of carboxylic acid groups (broad SMARTS) is 1. The van der Waals surface area contributed by atoms with E-state index < -0.39 is 5.97 Å². The van der Waals surface area contributed by atoms with E-state index in [1.165, 1.54) is 11.3 Å². The van der Waals surface area contributed by atoms with Crippen molar-refractivity contribution in [1.29, 1.82) is 0 Å². The molecule has 0 saturated heterocycles. The number of carboxylic acids is 1. The molecule has 15 heavy (non-hydrogen) atoms. The van der Waals surface area contributed by atoms with E-state index in [0.29, 0.717) is 16.8 Å². The molecule has 1 rings (SSSR count). The predicted octanol–water partition coefficient (Wildman–Crippen LogP) is 2.58. The van der Waals surface area contributed by atoms with Crippen molar-refractivity contribution in [3.63, 3.8) is 0 Å². The Balaban J connectivity index is 2.48. The summed E-state index contributed by atoms with van der Waals surface area (Å²) in [7, 11) is 0. The fourth-order valence-electron chi connectivity index (χ4n) is 1.09. The summed E-state index contributed by atoms with van der Waals surface area (Å²) >= 11 is 1.33. The molecule has 3 nitrogen and oxygen atoms in total. The van der Waals surface area contributed by atoms with E-state index in [1.54, 1.807) is 6.07 Å². The Labute approximate surface area is 94.1 Å². The molecule has 1 atom stereocenters. The van der Waals surface area contributed by atoms with Crippen LogP contribution in [0.3, 0.4) is 0 Å². The maximum absolute atomic E-state index is 10.7. The highest BCUT2D eigenvalue weighted by Crippen LogP contribution is 2.16. The minimum atomic E-state index is -0.844. The van der Waals surface area contributed by atoms with E-state index in [4.69, 9.17) is 5.11 Å². The normalized spacial score (nSPS) is 13.1. The first-order chi connectivity index (χ1) is 7.00. The largest absolute Gasteiger partial charge is 0.477 e. The van der Waals surface area contributed by atoms with Crippen molar-refractivity contribution < 1.29 is 9.90 Å². The van der Waals surface area contributed by atoms with Gasteiger partial charge >= 0.3 is 5.97 Å². The fourth-order valence-corrected chi connectivity index (χ4v) is 1.88. The highest BCUT2D eigenvalue weighted by molar-refractivity contribution is 7.13. The first-order valence-electron chi connectivity index (χ1n) is 5.06. The summed E-state index contributed by atoms with van der Waals surface area (Å²) in [6.07, 6.45) is 0. The van der Waals surface area contributed by atoms with Crippen LogP contribution >= 0.6 is 11.3 Å². The quantitative estimate of drug-likeness (QED) is 0.813. The van der Waals surface area contributed by atoms with Gasteiger partial charge in [0.05, 0.1) is 0 Å². The van der Waals surface area contributed by atoms with Gasteiger partial charge in [-0.05, 0) is 25.0 Å². The smallest absolute Gasteiger partial charge is 0.345 e. The third kappa shape index (κ3) is 3.64. The van der Waals surface area contributed by atoms with E-state index in [2.05, 4.69) is 26.1 Å². The standard InChI is InChI=1S/C11H17NO2S/c1-7(2)8(3)12-6-9-4-5-10(15-9)11(13)14/h4-5,7-8,12H,6H2,1-3H3,(H,13,14). The molecule has 84 valence electrons. The molecule has 1 aromatic heterocycles. The first kappa shape index (κ1) is 12.2. The average molecular weight is 227 g/mol. The van der Waals surface area contributed by atoms with Gasteiger partial charge in [-0.3, -0.25) is 0 Å². The number of hydrogen-bond donors (Lipinski definition) is 2.